The second kappa shape index (κ2) is 6.53. The van der Waals surface area contributed by atoms with Crippen molar-refractivity contribution in [1.29, 1.82) is 0 Å². The van der Waals surface area contributed by atoms with Crippen molar-refractivity contribution in [3.8, 4) is 5.75 Å². The summed E-state index contributed by atoms with van der Waals surface area (Å²) in [5.74, 6) is 0.653. The SMILES string of the molecule is COc1ccccc1C(C)N[C@H](C)c1cccc(F)c1. The van der Waals surface area contributed by atoms with Crippen molar-refractivity contribution < 1.29 is 9.13 Å². The number of ether oxygens (including phenoxy) is 1. The van der Waals surface area contributed by atoms with E-state index in [-0.39, 0.29) is 17.9 Å². The summed E-state index contributed by atoms with van der Waals surface area (Å²) in [6.45, 7) is 4.11. The Morgan fingerprint density at radius 2 is 1.75 bits per heavy atom. The molecule has 0 aromatic heterocycles. The smallest absolute Gasteiger partial charge is 0.123 e. The van der Waals surface area contributed by atoms with Gasteiger partial charge in [-0.3, -0.25) is 0 Å². The van der Waals surface area contributed by atoms with Crippen LogP contribution >= 0.6 is 0 Å². The molecule has 0 spiro atoms. The Hall–Kier alpha value is -1.87. The largest absolute Gasteiger partial charge is 0.496 e. The lowest BCUT2D eigenvalue weighted by Crippen LogP contribution is -2.23. The number of benzene rings is 2. The maximum Gasteiger partial charge on any atom is 0.123 e. The molecule has 0 amide bonds. The first-order valence-corrected chi connectivity index (χ1v) is 6.76. The van der Waals surface area contributed by atoms with Crippen molar-refractivity contribution in [1.82, 2.24) is 5.32 Å². The van der Waals surface area contributed by atoms with Gasteiger partial charge in [-0.1, -0.05) is 30.3 Å². The van der Waals surface area contributed by atoms with Gasteiger partial charge in [0.25, 0.3) is 0 Å². The number of hydrogen-bond donors (Lipinski definition) is 1. The first-order valence-electron chi connectivity index (χ1n) is 6.76. The van der Waals surface area contributed by atoms with Crippen LogP contribution in [0.5, 0.6) is 5.75 Å². The van der Waals surface area contributed by atoms with Gasteiger partial charge in [0.05, 0.1) is 7.11 Å². The first kappa shape index (κ1) is 14.5. The van der Waals surface area contributed by atoms with Gasteiger partial charge in [0, 0.05) is 17.6 Å². The summed E-state index contributed by atoms with van der Waals surface area (Å²) in [5, 5.41) is 3.47. The van der Waals surface area contributed by atoms with E-state index in [1.807, 2.05) is 37.3 Å². The molecule has 0 aliphatic rings. The predicted octanol–water partition coefficient (Wildman–Crippen LogP) is 4.25. The molecule has 1 N–H and O–H groups in total. The highest BCUT2D eigenvalue weighted by Gasteiger charge is 2.14. The lowest BCUT2D eigenvalue weighted by Gasteiger charge is -2.22. The maximum atomic E-state index is 13.3. The van der Waals surface area contributed by atoms with E-state index in [2.05, 4.69) is 12.2 Å². The molecule has 0 fully saturated rings. The van der Waals surface area contributed by atoms with E-state index in [0.29, 0.717) is 0 Å². The summed E-state index contributed by atoms with van der Waals surface area (Å²) >= 11 is 0. The van der Waals surface area contributed by atoms with Crippen molar-refractivity contribution in [2.45, 2.75) is 25.9 Å². The summed E-state index contributed by atoms with van der Waals surface area (Å²) in [7, 11) is 1.67. The number of methoxy groups -OCH3 is 1. The van der Waals surface area contributed by atoms with Gasteiger partial charge in [0.2, 0.25) is 0 Å². The number of rotatable bonds is 5. The first-order chi connectivity index (χ1) is 9.61. The number of para-hydroxylation sites is 1. The Balaban J connectivity index is 2.13. The van der Waals surface area contributed by atoms with E-state index >= 15 is 0 Å². The molecule has 2 nitrogen and oxygen atoms in total. The van der Waals surface area contributed by atoms with Crippen molar-refractivity contribution in [3.05, 3.63) is 65.5 Å². The van der Waals surface area contributed by atoms with Crippen molar-refractivity contribution in [3.63, 3.8) is 0 Å². The van der Waals surface area contributed by atoms with Gasteiger partial charge < -0.3 is 10.1 Å². The minimum atomic E-state index is -0.207. The molecule has 0 bridgehead atoms. The van der Waals surface area contributed by atoms with Crippen LogP contribution in [0.1, 0.15) is 37.1 Å². The highest BCUT2D eigenvalue weighted by molar-refractivity contribution is 5.35. The summed E-state index contributed by atoms with van der Waals surface area (Å²) in [5.41, 5.74) is 2.03. The fourth-order valence-corrected chi connectivity index (χ4v) is 2.36. The quantitative estimate of drug-likeness (QED) is 0.879. The monoisotopic (exact) mass is 273 g/mol. The zero-order valence-corrected chi connectivity index (χ0v) is 12.1. The zero-order chi connectivity index (χ0) is 14.5. The fraction of sp³-hybridized carbons (Fsp3) is 0.294. The van der Waals surface area contributed by atoms with Crippen LogP contribution in [0.2, 0.25) is 0 Å². The van der Waals surface area contributed by atoms with Gasteiger partial charge in [-0.2, -0.15) is 0 Å². The molecule has 106 valence electrons. The molecular weight excluding hydrogens is 253 g/mol. The minimum Gasteiger partial charge on any atom is -0.496 e. The van der Waals surface area contributed by atoms with Crippen LogP contribution in [0.3, 0.4) is 0 Å². The van der Waals surface area contributed by atoms with E-state index in [1.165, 1.54) is 6.07 Å². The molecule has 0 aliphatic carbocycles. The van der Waals surface area contributed by atoms with Crippen molar-refractivity contribution in [2.75, 3.05) is 7.11 Å². The Labute approximate surface area is 119 Å². The van der Waals surface area contributed by atoms with Gasteiger partial charge in [0.15, 0.2) is 0 Å². The van der Waals surface area contributed by atoms with Crippen LogP contribution in [0.25, 0.3) is 0 Å². The van der Waals surface area contributed by atoms with E-state index < -0.39 is 0 Å². The highest BCUT2D eigenvalue weighted by atomic mass is 19.1. The highest BCUT2D eigenvalue weighted by Crippen LogP contribution is 2.26. The molecule has 0 saturated heterocycles. The Bertz CT molecular complexity index is 570. The third-order valence-corrected chi connectivity index (χ3v) is 3.45. The topological polar surface area (TPSA) is 21.3 Å². The number of halogens is 1. The molecule has 0 aliphatic heterocycles. The molecule has 2 aromatic rings. The molecule has 0 saturated carbocycles. The fourth-order valence-electron chi connectivity index (χ4n) is 2.36. The molecule has 0 heterocycles. The average Bonchev–Trinajstić information content (AvgIpc) is 2.47. The van der Waals surface area contributed by atoms with Crippen molar-refractivity contribution >= 4 is 0 Å². The second-order valence-corrected chi connectivity index (χ2v) is 4.91. The van der Waals surface area contributed by atoms with Gasteiger partial charge in [0.1, 0.15) is 11.6 Å². The summed E-state index contributed by atoms with van der Waals surface area (Å²) in [6.07, 6.45) is 0. The van der Waals surface area contributed by atoms with Crippen LogP contribution in [-0.4, -0.2) is 7.11 Å². The van der Waals surface area contributed by atoms with E-state index in [1.54, 1.807) is 19.2 Å². The Morgan fingerprint density at radius 3 is 2.45 bits per heavy atom. The average molecular weight is 273 g/mol. The van der Waals surface area contributed by atoms with Crippen LogP contribution in [0, 0.1) is 5.82 Å². The van der Waals surface area contributed by atoms with Crippen LogP contribution < -0.4 is 10.1 Å². The van der Waals surface area contributed by atoms with Gasteiger partial charge in [-0.05, 0) is 37.6 Å². The standard InChI is InChI=1S/C17H20FNO/c1-12(14-7-6-8-15(18)11-14)19-13(2)16-9-4-5-10-17(16)20-3/h4-13,19H,1-3H3/t12-,13?/m1/s1. The molecule has 1 unspecified atom stereocenters. The third kappa shape index (κ3) is 3.36. The molecule has 20 heavy (non-hydrogen) atoms. The summed E-state index contributed by atoms with van der Waals surface area (Å²) in [4.78, 5) is 0. The lowest BCUT2D eigenvalue weighted by molar-refractivity contribution is 0.396. The van der Waals surface area contributed by atoms with Gasteiger partial charge in [-0.25, -0.2) is 4.39 Å². The number of hydrogen-bond acceptors (Lipinski definition) is 2. The summed E-state index contributed by atoms with van der Waals surface area (Å²) in [6, 6.07) is 14.8. The zero-order valence-electron chi connectivity index (χ0n) is 12.1. The molecule has 2 rings (SSSR count). The second-order valence-electron chi connectivity index (χ2n) is 4.91. The molecule has 3 heteroatoms. The minimum absolute atomic E-state index is 0.0608. The van der Waals surface area contributed by atoms with Crippen molar-refractivity contribution in [2.24, 2.45) is 0 Å². The van der Waals surface area contributed by atoms with E-state index in [4.69, 9.17) is 4.74 Å². The Kier molecular flexibility index (Phi) is 4.74. The summed E-state index contributed by atoms with van der Waals surface area (Å²) < 4.78 is 18.6. The predicted molar refractivity (Wildman–Crippen MR) is 79.4 cm³/mol. The van der Waals surface area contributed by atoms with Crippen LogP contribution in [0.4, 0.5) is 4.39 Å². The lowest BCUT2D eigenvalue weighted by atomic mass is 10.0. The maximum absolute atomic E-state index is 13.3. The van der Waals surface area contributed by atoms with Crippen LogP contribution in [0.15, 0.2) is 48.5 Å². The molecule has 2 aromatic carbocycles. The molecule has 2 atom stereocenters. The Morgan fingerprint density at radius 1 is 1.00 bits per heavy atom. The molecular formula is C17H20FNO. The number of nitrogens with one attached hydrogen (secondary N) is 1. The van der Waals surface area contributed by atoms with E-state index in [0.717, 1.165) is 16.9 Å². The third-order valence-electron chi connectivity index (χ3n) is 3.45. The molecule has 0 radical (unpaired) electrons. The van der Waals surface area contributed by atoms with Crippen LogP contribution in [-0.2, 0) is 0 Å². The van der Waals surface area contributed by atoms with Gasteiger partial charge in [-0.15, -0.1) is 0 Å². The van der Waals surface area contributed by atoms with Gasteiger partial charge >= 0.3 is 0 Å². The van der Waals surface area contributed by atoms with E-state index in [9.17, 15) is 4.39 Å². The normalized spacial score (nSPS) is 13.8.